The third-order valence-electron chi connectivity index (χ3n) is 6.21. The number of fused-ring (bicyclic) bond motifs is 1. The fourth-order valence-electron chi connectivity index (χ4n) is 4.45. The van der Waals surface area contributed by atoms with E-state index in [-0.39, 0.29) is 17.3 Å². The van der Waals surface area contributed by atoms with Crippen LogP contribution in [0.4, 0.5) is 14.3 Å². The van der Waals surface area contributed by atoms with Crippen molar-refractivity contribution in [2.75, 3.05) is 38.7 Å². The monoisotopic (exact) mass is 442 g/mol. The Morgan fingerprint density at radius 3 is 2.94 bits per heavy atom. The van der Waals surface area contributed by atoms with Crippen molar-refractivity contribution in [2.24, 2.45) is 5.41 Å². The number of ether oxygens (including phenoxy) is 2. The Morgan fingerprint density at radius 2 is 2.16 bits per heavy atom. The predicted molar refractivity (Wildman–Crippen MR) is 117 cm³/mol. The summed E-state index contributed by atoms with van der Waals surface area (Å²) in [6, 6.07) is 6.18. The van der Waals surface area contributed by atoms with Crippen molar-refractivity contribution in [1.82, 2.24) is 14.9 Å². The van der Waals surface area contributed by atoms with E-state index < -0.39 is 0 Å². The lowest BCUT2D eigenvalue weighted by molar-refractivity contribution is 0.0211. The number of urea groups is 1. The van der Waals surface area contributed by atoms with E-state index in [9.17, 15) is 9.18 Å². The van der Waals surface area contributed by atoms with Gasteiger partial charge in [0.1, 0.15) is 11.3 Å². The van der Waals surface area contributed by atoms with Gasteiger partial charge in [0.05, 0.1) is 11.8 Å². The molecule has 4 heterocycles. The maximum Gasteiger partial charge on any atom is 0.323 e. The molecule has 9 heteroatoms. The van der Waals surface area contributed by atoms with Crippen LogP contribution in [-0.4, -0.2) is 54.3 Å². The number of rotatable bonds is 3. The number of hydrogen-bond donors (Lipinski definition) is 1. The van der Waals surface area contributed by atoms with Gasteiger partial charge >= 0.3 is 6.03 Å². The molecule has 0 unspecified atom stereocenters. The first-order valence-corrected chi connectivity index (χ1v) is 11.1. The molecule has 0 radical (unpaired) electrons. The lowest BCUT2D eigenvalue weighted by Crippen LogP contribution is -2.37. The molecule has 3 aromatic rings. The van der Waals surface area contributed by atoms with Crippen molar-refractivity contribution in [3.8, 4) is 17.0 Å². The molecule has 0 saturated carbocycles. The summed E-state index contributed by atoms with van der Waals surface area (Å²) in [7, 11) is 1.53. The Balaban J connectivity index is 1.42. The second kappa shape index (κ2) is 8.05. The maximum absolute atomic E-state index is 13.8. The van der Waals surface area contributed by atoms with Gasteiger partial charge in [0.15, 0.2) is 5.13 Å². The van der Waals surface area contributed by atoms with Crippen LogP contribution >= 0.6 is 11.3 Å². The molecular formula is C22H23FN4O3S. The highest BCUT2D eigenvalue weighted by Gasteiger charge is 2.41. The number of nitrogens with one attached hydrogen (secondary N) is 1. The lowest BCUT2D eigenvalue weighted by Gasteiger charge is -2.33. The van der Waals surface area contributed by atoms with Crippen molar-refractivity contribution >= 4 is 32.7 Å². The predicted octanol–water partition coefficient (Wildman–Crippen LogP) is 4.54. The highest BCUT2D eigenvalue weighted by atomic mass is 32.1. The Labute approximate surface area is 183 Å². The molecule has 1 spiro atoms. The quantitative estimate of drug-likeness (QED) is 0.644. The summed E-state index contributed by atoms with van der Waals surface area (Å²) in [5.74, 6) is 0.0461. The number of anilines is 1. The van der Waals surface area contributed by atoms with Gasteiger partial charge in [-0.05, 0) is 42.4 Å². The van der Waals surface area contributed by atoms with Gasteiger partial charge in [0, 0.05) is 38.1 Å². The van der Waals surface area contributed by atoms with Crippen molar-refractivity contribution < 1.29 is 18.7 Å². The number of nitrogens with zero attached hydrogens (tertiary/aromatic N) is 3. The number of benzene rings is 1. The van der Waals surface area contributed by atoms with E-state index in [1.54, 1.807) is 12.3 Å². The van der Waals surface area contributed by atoms with Crippen molar-refractivity contribution in [3.05, 3.63) is 36.3 Å². The number of likely N-dealkylation sites (tertiary alicyclic amines) is 1. The van der Waals surface area contributed by atoms with Crippen LogP contribution in [0.15, 0.2) is 30.5 Å². The topological polar surface area (TPSA) is 76.6 Å². The molecule has 2 amide bonds. The summed E-state index contributed by atoms with van der Waals surface area (Å²) in [6.07, 6.45) is 4.65. The number of hydrogen-bond acceptors (Lipinski definition) is 6. The fraction of sp³-hybridized carbons (Fsp3) is 0.409. The molecule has 0 bridgehead atoms. The van der Waals surface area contributed by atoms with Crippen LogP contribution in [0.25, 0.3) is 21.3 Å². The Kier molecular flexibility index (Phi) is 5.23. The molecule has 2 fully saturated rings. The van der Waals surface area contributed by atoms with Gasteiger partial charge in [0.25, 0.3) is 0 Å². The number of thiazole rings is 1. The smallest absolute Gasteiger partial charge is 0.323 e. The number of methoxy groups -OCH3 is 1. The molecular weight excluding hydrogens is 419 g/mol. The van der Waals surface area contributed by atoms with E-state index in [0.29, 0.717) is 22.1 Å². The summed E-state index contributed by atoms with van der Waals surface area (Å²) >= 11 is 1.34. The summed E-state index contributed by atoms with van der Waals surface area (Å²) in [4.78, 5) is 23.7. The zero-order valence-electron chi connectivity index (χ0n) is 17.2. The van der Waals surface area contributed by atoms with E-state index in [4.69, 9.17) is 9.47 Å². The minimum Gasteiger partial charge on any atom is -0.479 e. The molecule has 2 aliphatic heterocycles. The van der Waals surface area contributed by atoms with Gasteiger partial charge in [-0.3, -0.25) is 5.32 Å². The van der Waals surface area contributed by atoms with Crippen LogP contribution in [0, 0.1) is 11.2 Å². The van der Waals surface area contributed by atoms with Gasteiger partial charge in [-0.25, -0.2) is 19.2 Å². The van der Waals surface area contributed by atoms with E-state index in [0.717, 1.165) is 55.8 Å². The van der Waals surface area contributed by atoms with E-state index >= 15 is 0 Å². The van der Waals surface area contributed by atoms with E-state index in [1.165, 1.54) is 30.6 Å². The van der Waals surface area contributed by atoms with E-state index in [1.807, 2.05) is 11.0 Å². The van der Waals surface area contributed by atoms with Crippen LogP contribution in [0.2, 0.25) is 0 Å². The lowest BCUT2D eigenvalue weighted by atomic mass is 9.80. The number of halogens is 1. The zero-order chi connectivity index (χ0) is 21.4. The second-order valence-electron chi connectivity index (χ2n) is 8.10. The highest BCUT2D eigenvalue weighted by Crippen LogP contribution is 2.41. The number of aromatic nitrogens is 2. The van der Waals surface area contributed by atoms with Crippen LogP contribution in [0.5, 0.6) is 5.88 Å². The number of amides is 2. The molecule has 7 nitrogen and oxygen atoms in total. The third kappa shape index (κ3) is 3.83. The first-order valence-electron chi connectivity index (χ1n) is 10.3. The van der Waals surface area contributed by atoms with Crippen molar-refractivity contribution in [1.29, 1.82) is 0 Å². The van der Waals surface area contributed by atoms with Crippen LogP contribution in [0.3, 0.4) is 0 Å². The molecule has 162 valence electrons. The van der Waals surface area contributed by atoms with Crippen molar-refractivity contribution in [2.45, 2.75) is 19.3 Å². The normalized spacial score (nSPS) is 17.9. The molecule has 2 aromatic heterocycles. The molecule has 0 aliphatic carbocycles. The highest BCUT2D eigenvalue weighted by molar-refractivity contribution is 7.23. The standard InChI is InChI=1S/C22H23FN4O3S/c1-29-19-17-18(16(12-24-19)14-3-2-4-15(23)11-14)31-20(25-17)26-21(28)27-8-5-22(13-27)6-9-30-10-7-22/h2-4,11-12H,5-10,13H2,1H3,(H,25,26,28). The largest absolute Gasteiger partial charge is 0.479 e. The van der Waals surface area contributed by atoms with Crippen LogP contribution in [-0.2, 0) is 4.74 Å². The van der Waals surface area contributed by atoms with Gasteiger partial charge in [-0.15, -0.1) is 0 Å². The molecule has 31 heavy (non-hydrogen) atoms. The van der Waals surface area contributed by atoms with Gasteiger partial charge in [-0.1, -0.05) is 23.5 Å². The third-order valence-corrected chi connectivity index (χ3v) is 7.21. The number of carbonyl (C=O) groups excluding carboxylic acids is 1. The van der Waals surface area contributed by atoms with E-state index in [2.05, 4.69) is 15.3 Å². The summed E-state index contributed by atoms with van der Waals surface area (Å²) in [5, 5.41) is 3.41. The Hall–Kier alpha value is -2.78. The number of pyridine rings is 1. The van der Waals surface area contributed by atoms with Gasteiger partial charge in [-0.2, -0.15) is 0 Å². The molecule has 0 atom stereocenters. The molecule has 1 aromatic carbocycles. The summed E-state index contributed by atoms with van der Waals surface area (Å²) in [6.45, 7) is 3.01. The Morgan fingerprint density at radius 1 is 1.32 bits per heavy atom. The molecule has 1 N–H and O–H groups in total. The van der Waals surface area contributed by atoms with Crippen LogP contribution in [0.1, 0.15) is 19.3 Å². The maximum atomic E-state index is 13.8. The second-order valence-corrected chi connectivity index (χ2v) is 9.10. The average Bonchev–Trinajstić information content (AvgIpc) is 3.38. The Bertz CT molecular complexity index is 1130. The minimum absolute atomic E-state index is 0.151. The van der Waals surface area contributed by atoms with Gasteiger partial charge < -0.3 is 14.4 Å². The zero-order valence-corrected chi connectivity index (χ0v) is 18.0. The molecule has 2 saturated heterocycles. The minimum atomic E-state index is -0.324. The molecule has 2 aliphatic rings. The summed E-state index contributed by atoms with van der Waals surface area (Å²) in [5.41, 5.74) is 2.17. The van der Waals surface area contributed by atoms with Gasteiger partial charge in [0.2, 0.25) is 5.88 Å². The summed E-state index contributed by atoms with van der Waals surface area (Å²) < 4.78 is 25.4. The van der Waals surface area contributed by atoms with Crippen molar-refractivity contribution in [3.63, 3.8) is 0 Å². The molecule has 5 rings (SSSR count). The number of carbonyl (C=O) groups is 1. The fourth-order valence-corrected chi connectivity index (χ4v) is 5.43. The average molecular weight is 443 g/mol. The SMILES string of the molecule is COc1ncc(-c2cccc(F)c2)c2sc(NC(=O)N3CCC4(CCOCC4)C3)nc12. The first-order chi connectivity index (χ1) is 15.1. The first kappa shape index (κ1) is 20.1. The van der Waals surface area contributed by atoms with Crippen LogP contribution < -0.4 is 10.1 Å².